The van der Waals surface area contributed by atoms with Crippen LogP contribution in [0, 0.1) is 11.8 Å². The van der Waals surface area contributed by atoms with E-state index in [0.717, 1.165) is 15.8 Å². The molecule has 1 saturated heterocycles. The minimum Gasteiger partial charge on any atom is -0.439 e. The molecule has 1 aliphatic heterocycles. The molecule has 0 bridgehead atoms. The summed E-state index contributed by atoms with van der Waals surface area (Å²) in [5.74, 6) is 6.00. The fourth-order valence-corrected chi connectivity index (χ4v) is 2.41. The lowest BCUT2D eigenvalue weighted by molar-refractivity contribution is -0.125. The normalized spacial score (nSPS) is 13.9. The Balaban J connectivity index is 1.61. The highest BCUT2D eigenvalue weighted by Crippen LogP contribution is 2.17. The van der Waals surface area contributed by atoms with Gasteiger partial charge in [-0.05, 0) is 23.3 Å². The molecule has 0 unspecified atom stereocenters. The lowest BCUT2D eigenvalue weighted by Gasteiger charge is -2.08. The van der Waals surface area contributed by atoms with Crippen LogP contribution in [0.1, 0.15) is 18.4 Å². The van der Waals surface area contributed by atoms with Gasteiger partial charge < -0.3 is 4.74 Å². The summed E-state index contributed by atoms with van der Waals surface area (Å²) < 4.78 is 4.65. The van der Waals surface area contributed by atoms with E-state index in [1.54, 1.807) is 0 Å². The van der Waals surface area contributed by atoms with Crippen LogP contribution in [0.4, 0.5) is 4.79 Å². The van der Waals surface area contributed by atoms with Gasteiger partial charge in [-0.1, -0.05) is 48.2 Å². The van der Waals surface area contributed by atoms with Gasteiger partial charge in [-0.2, -0.15) is 0 Å². The van der Waals surface area contributed by atoms with Crippen molar-refractivity contribution in [3.63, 3.8) is 0 Å². The zero-order valence-electron chi connectivity index (χ0n) is 12.0. The number of benzene rings is 2. The third-order valence-corrected chi connectivity index (χ3v) is 3.54. The molecule has 0 spiro atoms. The Bertz CT molecular complexity index is 764. The van der Waals surface area contributed by atoms with Crippen LogP contribution >= 0.6 is 0 Å². The second-order valence-corrected chi connectivity index (χ2v) is 5.03. The third-order valence-electron chi connectivity index (χ3n) is 3.54. The first-order valence-electron chi connectivity index (χ1n) is 7.19. The number of imide groups is 1. The summed E-state index contributed by atoms with van der Waals surface area (Å²) in [4.78, 5) is 23.8. The van der Waals surface area contributed by atoms with E-state index in [9.17, 15) is 9.59 Å². The highest BCUT2D eigenvalue weighted by Gasteiger charge is 2.29. The number of fused-ring (bicyclic) bond motifs is 1. The van der Waals surface area contributed by atoms with Crippen molar-refractivity contribution in [3.8, 4) is 11.8 Å². The first-order chi connectivity index (χ1) is 10.8. The van der Waals surface area contributed by atoms with E-state index in [2.05, 4.69) is 34.8 Å². The number of nitrogens with zero attached hydrogens (tertiary/aromatic N) is 1. The zero-order chi connectivity index (χ0) is 15.4. The van der Waals surface area contributed by atoms with Gasteiger partial charge in [0, 0.05) is 18.5 Å². The van der Waals surface area contributed by atoms with E-state index in [-0.39, 0.29) is 12.5 Å². The lowest BCUT2D eigenvalue weighted by atomic mass is 10.0. The van der Waals surface area contributed by atoms with Crippen molar-refractivity contribution in [2.75, 3.05) is 13.2 Å². The molecule has 1 aliphatic rings. The molecule has 2 aromatic carbocycles. The summed E-state index contributed by atoms with van der Waals surface area (Å²) in [7, 11) is 0. The Hall–Kier alpha value is -2.80. The quantitative estimate of drug-likeness (QED) is 0.645. The Labute approximate surface area is 128 Å². The first-order valence-corrected chi connectivity index (χ1v) is 7.19. The van der Waals surface area contributed by atoms with Gasteiger partial charge in [-0.15, -0.1) is 0 Å². The Kier molecular flexibility index (Phi) is 4.06. The van der Waals surface area contributed by atoms with Crippen LogP contribution in [0.25, 0.3) is 10.8 Å². The average Bonchev–Trinajstić information content (AvgIpc) is 2.86. The maximum atomic E-state index is 11.4. The Morgan fingerprint density at radius 1 is 1.09 bits per heavy atom. The van der Waals surface area contributed by atoms with Gasteiger partial charge in [-0.25, -0.2) is 9.69 Å². The summed E-state index contributed by atoms with van der Waals surface area (Å²) in [5, 5.41) is 2.30. The number of rotatable bonds is 3. The molecule has 0 aliphatic carbocycles. The number of ether oxygens (including phenoxy) is 1. The van der Waals surface area contributed by atoms with Crippen LogP contribution in [-0.2, 0) is 9.53 Å². The molecule has 2 aromatic rings. The van der Waals surface area contributed by atoms with Crippen LogP contribution in [-0.4, -0.2) is 30.1 Å². The highest BCUT2D eigenvalue weighted by atomic mass is 16.6. The molecule has 110 valence electrons. The number of carbonyl (C=O) groups is 2. The van der Waals surface area contributed by atoms with Gasteiger partial charge in [0.2, 0.25) is 0 Å². The molecular formula is C18H15NO3. The van der Waals surface area contributed by atoms with Gasteiger partial charge in [0.25, 0.3) is 5.91 Å². The lowest BCUT2D eigenvalue weighted by Crippen LogP contribution is -2.29. The fraction of sp³-hybridized carbons (Fsp3) is 0.222. The summed E-state index contributed by atoms with van der Waals surface area (Å²) in [6.07, 6.45) is 0.728. The van der Waals surface area contributed by atoms with Crippen molar-refractivity contribution >= 4 is 22.8 Å². The second kappa shape index (κ2) is 6.31. The van der Waals surface area contributed by atoms with E-state index in [0.29, 0.717) is 19.4 Å². The maximum Gasteiger partial charge on any atom is 0.417 e. The number of unbranched alkanes of at least 4 members (excludes halogenated alkanes) is 1. The van der Waals surface area contributed by atoms with E-state index in [1.807, 2.05) is 24.3 Å². The monoisotopic (exact) mass is 293 g/mol. The Morgan fingerprint density at radius 3 is 2.73 bits per heavy atom. The molecule has 1 fully saturated rings. The predicted octanol–water partition coefficient (Wildman–Crippen LogP) is 2.95. The maximum absolute atomic E-state index is 11.4. The highest BCUT2D eigenvalue weighted by molar-refractivity contribution is 5.97. The van der Waals surface area contributed by atoms with Crippen LogP contribution in [0.3, 0.4) is 0 Å². The SMILES string of the molecule is O=C1COC(=O)N1CCCC#Cc1cccc2ccccc12. The van der Waals surface area contributed by atoms with Crippen LogP contribution in [0.5, 0.6) is 0 Å². The minimum absolute atomic E-state index is 0.138. The number of hydrogen-bond acceptors (Lipinski definition) is 3. The largest absolute Gasteiger partial charge is 0.439 e. The smallest absolute Gasteiger partial charge is 0.417 e. The molecule has 1 heterocycles. The molecule has 0 N–H and O–H groups in total. The van der Waals surface area contributed by atoms with Crippen molar-refractivity contribution in [2.45, 2.75) is 12.8 Å². The summed E-state index contributed by atoms with van der Waals surface area (Å²) in [6.45, 7) is 0.225. The van der Waals surface area contributed by atoms with E-state index in [1.165, 1.54) is 5.39 Å². The van der Waals surface area contributed by atoms with Crippen molar-refractivity contribution in [2.24, 2.45) is 0 Å². The van der Waals surface area contributed by atoms with Crippen molar-refractivity contribution in [3.05, 3.63) is 48.0 Å². The second-order valence-electron chi connectivity index (χ2n) is 5.03. The fourth-order valence-electron chi connectivity index (χ4n) is 2.41. The predicted molar refractivity (Wildman–Crippen MR) is 83.1 cm³/mol. The van der Waals surface area contributed by atoms with E-state index < -0.39 is 6.09 Å². The summed E-state index contributed by atoms with van der Waals surface area (Å²) >= 11 is 0. The van der Waals surface area contributed by atoms with Gasteiger partial charge in [0.1, 0.15) is 0 Å². The van der Waals surface area contributed by atoms with Crippen LogP contribution in [0.2, 0.25) is 0 Å². The third kappa shape index (κ3) is 2.94. The molecule has 22 heavy (non-hydrogen) atoms. The van der Waals surface area contributed by atoms with Crippen molar-refractivity contribution in [1.29, 1.82) is 0 Å². The molecule has 0 radical (unpaired) electrons. The topological polar surface area (TPSA) is 46.6 Å². The molecule has 2 amide bonds. The van der Waals surface area contributed by atoms with Crippen molar-refractivity contribution in [1.82, 2.24) is 4.90 Å². The molecule has 3 rings (SSSR count). The van der Waals surface area contributed by atoms with E-state index >= 15 is 0 Å². The van der Waals surface area contributed by atoms with Gasteiger partial charge >= 0.3 is 6.09 Å². The molecular weight excluding hydrogens is 278 g/mol. The van der Waals surface area contributed by atoms with Crippen LogP contribution < -0.4 is 0 Å². The standard InChI is InChI=1S/C18H15NO3/c20-17-13-22-18(21)19(17)12-5-1-2-7-14-9-6-10-15-8-3-4-11-16(14)15/h3-4,6,8-11H,1,5,12-13H2. The number of carbonyl (C=O) groups excluding carboxylic acids is 2. The number of hydrogen-bond donors (Lipinski definition) is 0. The average molecular weight is 293 g/mol. The molecule has 0 saturated carbocycles. The first kappa shape index (κ1) is 14.2. The molecule has 4 nitrogen and oxygen atoms in total. The van der Waals surface area contributed by atoms with E-state index in [4.69, 9.17) is 0 Å². The summed E-state index contributed by atoms with van der Waals surface area (Å²) in [5.41, 5.74) is 0.995. The number of cyclic esters (lactones) is 1. The summed E-state index contributed by atoms with van der Waals surface area (Å²) in [6, 6.07) is 14.2. The minimum atomic E-state index is -0.549. The van der Waals surface area contributed by atoms with Crippen molar-refractivity contribution < 1.29 is 14.3 Å². The molecule has 4 heteroatoms. The molecule has 0 aromatic heterocycles. The number of amides is 2. The van der Waals surface area contributed by atoms with Crippen LogP contribution in [0.15, 0.2) is 42.5 Å². The zero-order valence-corrected chi connectivity index (χ0v) is 12.0. The van der Waals surface area contributed by atoms with Gasteiger partial charge in [0.05, 0.1) is 0 Å². The Morgan fingerprint density at radius 2 is 1.91 bits per heavy atom. The van der Waals surface area contributed by atoms with Gasteiger partial charge in [-0.3, -0.25) is 4.79 Å². The van der Waals surface area contributed by atoms with Gasteiger partial charge in [0.15, 0.2) is 6.61 Å². The molecule has 0 atom stereocenters.